The highest BCUT2D eigenvalue weighted by molar-refractivity contribution is 7.53. The molecule has 0 saturated carbocycles. The SMILES string of the molecule is C[Si](C)(C)C1=NN[Si@]2([Si](C)(C)C)C([Si](C)(C)C)([Si](C)(C)C)CC[C@]12[Si](C)(C)C. The Morgan fingerprint density at radius 1 is 0.679 bits per heavy atom. The van der Waals surface area contributed by atoms with Crippen LogP contribution in [0.15, 0.2) is 5.10 Å². The molecule has 0 bridgehead atoms. The van der Waals surface area contributed by atoms with Crippen molar-refractivity contribution in [2.75, 3.05) is 0 Å². The van der Waals surface area contributed by atoms with E-state index in [0.717, 1.165) is 0 Å². The molecule has 0 aromatic rings. The molecule has 2 heterocycles. The van der Waals surface area contributed by atoms with E-state index >= 15 is 0 Å². The highest BCUT2D eigenvalue weighted by Crippen LogP contribution is 2.76. The molecule has 1 fully saturated rings. The van der Waals surface area contributed by atoms with Crippen LogP contribution in [0.4, 0.5) is 0 Å². The van der Waals surface area contributed by atoms with Crippen molar-refractivity contribution in [3.63, 3.8) is 0 Å². The van der Waals surface area contributed by atoms with Gasteiger partial charge in [0.1, 0.15) is 0 Å². The van der Waals surface area contributed by atoms with E-state index in [1.807, 2.05) is 0 Å². The van der Waals surface area contributed by atoms with Crippen molar-refractivity contribution in [2.45, 2.75) is 120 Å². The van der Waals surface area contributed by atoms with Crippen molar-refractivity contribution in [3.05, 3.63) is 0 Å². The van der Waals surface area contributed by atoms with E-state index in [2.05, 4.69) is 103 Å². The summed E-state index contributed by atoms with van der Waals surface area (Å²) in [5, 5.41) is 11.5. The van der Waals surface area contributed by atoms with E-state index < -0.39 is 47.6 Å². The molecule has 1 N–H and O–H groups in total. The number of hydrogen-bond donors (Lipinski definition) is 1. The standard InChI is InChI=1S/C20H50N2Si6/c1-23(2,3)18-19(24(4,5)6)16-17-20(25(7,8)9,26(10,11)12)28(19,22-21-18)27(13,14)15/h22H,16-17H2,1-15H3/t19-,28-/m1/s1. The predicted octanol–water partition coefficient (Wildman–Crippen LogP) is 7.09. The molecule has 164 valence electrons. The second-order valence-corrected chi connectivity index (χ2v) is 52.6. The zero-order valence-corrected chi connectivity index (χ0v) is 27.9. The van der Waals surface area contributed by atoms with Crippen LogP contribution in [0.5, 0.6) is 0 Å². The predicted molar refractivity (Wildman–Crippen MR) is 148 cm³/mol. The van der Waals surface area contributed by atoms with Gasteiger partial charge in [0.2, 0.25) is 0 Å². The molecule has 2 aliphatic heterocycles. The minimum Gasteiger partial charge on any atom is -0.339 e. The Morgan fingerprint density at radius 2 is 1.11 bits per heavy atom. The fraction of sp³-hybridized carbons (Fsp3) is 0.950. The van der Waals surface area contributed by atoms with Gasteiger partial charge in [-0.15, -0.1) is 0 Å². The third kappa shape index (κ3) is 2.79. The Balaban J connectivity index is 3.10. The first-order valence-electron chi connectivity index (χ1n) is 11.4. The largest absolute Gasteiger partial charge is 0.339 e. The number of nitrogens with one attached hydrogen (secondary N) is 1. The van der Waals surface area contributed by atoms with Crippen molar-refractivity contribution < 1.29 is 0 Å². The lowest BCUT2D eigenvalue weighted by Gasteiger charge is -2.66. The third-order valence-electron chi connectivity index (χ3n) is 8.57. The minimum atomic E-state index is -1.90. The molecule has 0 radical (unpaired) electrons. The average Bonchev–Trinajstić information content (AvgIpc) is 2.84. The van der Waals surface area contributed by atoms with Crippen LogP contribution in [0.2, 0.25) is 107 Å². The van der Waals surface area contributed by atoms with E-state index in [9.17, 15) is 0 Å². The molecular weight excluding hydrogens is 437 g/mol. The Morgan fingerprint density at radius 3 is 1.39 bits per heavy atom. The van der Waals surface area contributed by atoms with E-state index in [4.69, 9.17) is 5.10 Å². The van der Waals surface area contributed by atoms with Crippen molar-refractivity contribution in [1.82, 2.24) is 5.09 Å². The zero-order valence-electron chi connectivity index (χ0n) is 21.9. The lowest BCUT2D eigenvalue weighted by molar-refractivity contribution is 0.761. The molecule has 0 unspecified atom stereocenters. The first-order valence-corrected chi connectivity index (χ1v) is 31.9. The number of hydrogen-bond acceptors (Lipinski definition) is 2. The fourth-order valence-electron chi connectivity index (χ4n) is 8.38. The van der Waals surface area contributed by atoms with Crippen LogP contribution in [-0.2, 0) is 0 Å². The van der Waals surface area contributed by atoms with Gasteiger partial charge in [-0.2, -0.15) is 0 Å². The molecular formula is C20H50N2Si6. The summed E-state index contributed by atoms with van der Waals surface area (Å²) in [6.07, 6.45) is 2.97. The number of hydrazone groups is 1. The highest BCUT2D eigenvalue weighted by atomic mass is 29.3. The van der Waals surface area contributed by atoms with Crippen molar-refractivity contribution in [1.29, 1.82) is 0 Å². The quantitative estimate of drug-likeness (QED) is 0.412. The third-order valence-corrected chi connectivity index (χ3v) is 52.2. The molecule has 8 heteroatoms. The smallest absolute Gasteiger partial charge is 0.172 e. The first-order chi connectivity index (χ1) is 12.0. The maximum atomic E-state index is 5.50. The number of nitrogens with zero attached hydrogens (tertiary/aromatic N) is 1. The molecule has 2 rings (SSSR count). The van der Waals surface area contributed by atoms with Gasteiger partial charge >= 0.3 is 0 Å². The van der Waals surface area contributed by atoms with E-state index in [-0.39, 0.29) is 0 Å². The summed E-state index contributed by atoms with van der Waals surface area (Å²) in [6, 6.07) is 0. The summed E-state index contributed by atoms with van der Waals surface area (Å²) in [5.41, 5.74) is 0. The van der Waals surface area contributed by atoms with Gasteiger partial charge in [-0.1, -0.05) is 105 Å². The Kier molecular flexibility index (Phi) is 5.72. The van der Waals surface area contributed by atoms with Crippen LogP contribution in [-0.4, -0.2) is 53.0 Å². The van der Waals surface area contributed by atoms with Crippen molar-refractivity contribution >= 4 is 53.0 Å². The van der Waals surface area contributed by atoms with Crippen LogP contribution >= 0.6 is 0 Å². The van der Waals surface area contributed by atoms with Crippen molar-refractivity contribution in [2.24, 2.45) is 5.10 Å². The topological polar surface area (TPSA) is 24.4 Å². The highest BCUT2D eigenvalue weighted by Gasteiger charge is 2.85. The second kappa shape index (κ2) is 6.40. The van der Waals surface area contributed by atoms with Crippen LogP contribution in [0.1, 0.15) is 12.8 Å². The summed E-state index contributed by atoms with van der Waals surface area (Å²) >= 11 is 0. The molecule has 0 amide bonds. The summed E-state index contributed by atoms with van der Waals surface area (Å²) in [7, 11) is -9.24. The van der Waals surface area contributed by atoms with Gasteiger partial charge in [0.05, 0.1) is 23.7 Å². The van der Waals surface area contributed by atoms with Crippen LogP contribution < -0.4 is 5.09 Å². The molecule has 2 atom stereocenters. The molecule has 0 aromatic heterocycles. The van der Waals surface area contributed by atoms with Crippen LogP contribution in [0, 0.1) is 0 Å². The molecule has 1 saturated heterocycles. The minimum absolute atomic E-state index is 0.482. The van der Waals surface area contributed by atoms with Gasteiger partial charge in [-0.25, -0.2) is 5.10 Å². The Bertz CT molecular complexity index is 655. The molecule has 0 aromatic carbocycles. The zero-order chi connectivity index (χ0) is 22.4. The first kappa shape index (κ1) is 25.0. The van der Waals surface area contributed by atoms with Gasteiger partial charge in [-0.05, 0) is 10.7 Å². The van der Waals surface area contributed by atoms with E-state index in [1.165, 1.54) is 12.8 Å². The normalized spacial score (nSPS) is 31.5. The Labute approximate surface area is 182 Å². The van der Waals surface area contributed by atoms with Crippen LogP contribution in [0.25, 0.3) is 0 Å². The molecule has 2 aliphatic rings. The molecule has 2 nitrogen and oxygen atoms in total. The van der Waals surface area contributed by atoms with E-state index in [1.54, 1.807) is 5.33 Å². The molecule has 0 spiro atoms. The molecule has 28 heavy (non-hydrogen) atoms. The van der Waals surface area contributed by atoms with Gasteiger partial charge in [0.25, 0.3) is 0 Å². The fourth-order valence-corrected chi connectivity index (χ4v) is 79.6. The van der Waals surface area contributed by atoms with Gasteiger partial charge in [0, 0.05) is 26.1 Å². The summed E-state index contributed by atoms with van der Waals surface area (Å²) < 4.78 is 1.11. The lowest BCUT2D eigenvalue weighted by atomic mass is 10.2. The van der Waals surface area contributed by atoms with Gasteiger partial charge in [0.15, 0.2) is 7.75 Å². The van der Waals surface area contributed by atoms with Crippen molar-refractivity contribution in [3.8, 4) is 0 Å². The Hall–Kier alpha value is 0.771. The average molecular weight is 487 g/mol. The lowest BCUT2D eigenvalue weighted by Crippen LogP contribution is -2.85. The molecule has 0 aliphatic carbocycles. The van der Waals surface area contributed by atoms with E-state index in [0.29, 0.717) is 8.95 Å². The summed E-state index contributed by atoms with van der Waals surface area (Å²) in [5.74, 6) is 0. The van der Waals surface area contributed by atoms with Gasteiger partial charge < -0.3 is 5.09 Å². The number of rotatable bonds is 5. The monoisotopic (exact) mass is 486 g/mol. The maximum absolute atomic E-state index is 5.50. The number of fused-ring (bicyclic) bond motifs is 1. The second-order valence-electron chi connectivity index (χ2n) is 14.9. The van der Waals surface area contributed by atoms with Crippen LogP contribution in [0.3, 0.4) is 0 Å². The summed E-state index contributed by atoms with van der Waals surface area (Å²) in [6.45, 7) is 40.5. The summed E-state index contributed by atoms with van der Waals surface area (Å²) in [4.78, 5) is 0. The van der Waals surface area contributed by atoms with Gasteiger partial charge in [-0.3, -0.25) is 0 Å². The maximum Gasteiger partial charge on any atom is 0.172 e.